The first-order valence-corrected chi connectivity index (χ1v) is 9.72. The standard InChI is InChI=1S/C20H22BrClN2O4/c1-20(2,3)14-6-4-5-7-16(14)27-11-18(25)23-24-19(26)12-28-17-9-8-13(21)10-15(17)22/h4-10H,11-12H2,1-3H3,(H,23,25)(H,24,26). The number of amides is 2. The lowest BCUT2D eigenvalue weighted by atomic mass is 9.86. The molecule has 0 unspecified atom stereocenters. The maximum absolute atomic E-state index is 11.9. The normalized spacial score (nSPS) is 10.9. The van der Waals surface area contributed by atoms with Crippen LogP contribution in [0.4, 0.5) is 0 Å². The summed E-state index contributed by atoms with van der Waals surface area (Å²) in [6.45, 7) is 5.66. The molecule has 0 aliphatic carbocycles. The van der Waals surface area contributed by atoms with Gasteiger partial charge in [0.15, 0.2) is 13.2 Å². The van der Waals surface area contributed by atoms with Gasteiger partial charge in [-0.3, -0.25) is 20.4 Å². The van der Waals surface area contributed by atoms with Gasteiger partial charge >= 0.3 is 0 Å². The number of benzene rings is 2. The lowest BCUT2D eigenvalue weighted by Gasteiger charge is -2.22. The van der Waals surface area contributed by atoms with Gasteiger partial charge in [0.05, 0.1) is 5.02 Å². The second kappa shape index (κ2) is 9.80. The molecule has 0 bridgehead atoms. The predicted molar refractivity (Wildman–Crippen MR) is 112 cm³/mol. The molecule has 0 saturated heterocycles. The first-order valence-electron chi connectivity index (χ1n) is 8.54. The molecule has 0 aromatic heterocycles. The average molecular weight is 470 g/mol. The highest BCUT2D eigenvalue weighted by molar-refractivity contribution is 9.10. The van der Waals surface area contributed by atoms with Crippen LogP contribution in [0.15, 0.2) is 46.9 Å². The third kappa shape index (κ3) is 6.73. The van der Waals surface area contributed by atoms with E-state index >= 15 is 0 Å². The maximum Gasteiger partial charge on any atom is 0.276 e. The van der Waals surface area contributed by atoms with Gasteiger partial charge in [-0.1, -0.05) is 66.5 Å². The number of hydrogen-bond acceptors (Lipinski definition) is 4. The Bertz CT molecular complexity index is 852. The van der Waals surface area contributed by atoms with Gasteiger partial charge in [0, 0.05) is 4.47 Å². The van der Waals surface area contributed by atoms with E-state index in [-0.39, 0.29) is 18.6 Å². The summed E-state index contributed by atoms with van der Waals surface area (Å²) >= 11 is 9.30. The Morgan fingerprint density at radius 1 is 0.964 bits per heavy atom. The predicted octanol–water partition coefficient (Wildman–Crippen LogP) is 4.01. The highest BCUT2D eigenvalue weighted by Gasteiger charge is 2.19. The number of ether oxygens (including phenoxy) is 2. The van der Waals surface area contributed by atoms with Crippen LogP contribution in [-0.4, -0.2) is 25.0 Å². The van der Waals surface area contributed by atoms with Crippen molar-refractivity contribution in [3.05, 3.63) is 57.5 Å². The highest BCUT2D eigenvalue weighted by atomic mass is 79.9. The van der Waals surface area contributed by atoms with Gasteiger partial charge in [-0.25, -0.2) is 0 Å². The zero-order chi connectivity index (χ0) is 20.7. The largest absolute Gasteiger partial charge is 0.483 e. The molecule has 2 aromatic carbocycles. The summed E-state index contributed by atoms with van der Waals surface area (Å²) in [5.41, 5.74) is 5.43. The van der Waals surface area contributed by atoms with E-state index < -0.39 is 11.8 Å². The summed E-state index contributed by atoms with van der Waals surface area (Å²) < 4.78 is 11.7. The van der Waals surface area contributed by atoms with E-state index in [1.165, 1.54) is 0 Å². The molecule has 2 N–H and O–H groups in total. The molecule has 28 heavy (non-hydrogen) atoms. The minimum Gasteiger partial charge on any atom is -0.483 e. The van der Waals surface area contributed by atoms with Crippen LogP contribution >= 0.6 is 27.5 Å². The van der Waals surface area contributed by atoms with Crippen molar-refractivity contribution in [2.45, 2.75) is 26.2 Å². The minimum atomic E-state index is -0.526. The molecule has 0 heterocycles. The van der Waals surface area contributed by atoms with Crippen LogP contribution in [0, 0.1) is 0 Å². The summed E-state index contributed by atoms with van der Waals surface area (Å²) in [6, 6.07) is 12.6. The first kappa shape index (κ1) is 22.0. The molecule has 0 saturated carbocycles. The smallest absolute Gasteiger partial charge is 0.276 e. The van der Waals surface area contributed by atoms with Crippen molar-refractivity contribution in [2.75, 3.05) is 13.2 Å². The number of hydrazine groups is 1. The zero-order valence-corrected chi connectivity index (χ0v) is 18.2. The molecule has 0 radical (unpaired) electrons. The number of carbonyl (C=O) groups excluding carboxylic acids is 2. The lowest BCUT2D eigenvalue weighted by molar-refractivity contribution is -0.131. The number of para-hydroxylation sites is 1. The van der Waals surface area contributed by atoms with Crippen molar-refractivity contribution < 1.29 is 19.1 Å². The molecule has 0 aliphatic heterocycles. The van der Waals surface area contributed by atoms with Crippen LogP contribution in [0.5, 0.6) is 11.5 Å². The summed E-state index contributed by atoms with van der Waals surface area (Å²) in [7, 11) is 0. The van der Waals surface area contributed by atoms with E-state index in [2.05, 4.69) is 47.6 Å². The number of rotatable bonds is 6. The quantitative estimate of drug-likeness (QED) is 0.627. The lowest BCUT2D eigenvalue weighted by Crippen LogP contribution is -2.45. The van der Waals surface area contributed by atoms with Crippen LogP contribution in [-0.2, 0) is 15.0 Å². The molecule has 0 fully saturated rings. The molecule has 2 aromatic rings. The fourth-order valence-electron chi connectivity index (χ4n) is 2.30. The Morgan fingerprint density at radius 3 is 2.11 bits per heavy atom. The van der Waals surface area contributed by atoms with Crippen molar-refractivity contribution in [1.82, 2.24) is 10.9 Å². The summed E-state index contributed by atoms with van der Waals surface area (Å²) in [5, 5.41) is 0.372. The molecule has 8 heteroatoms. The molecule has 2 rings (SSSR count). The van der Waals surface area contributed by atoms with Gasteiger partial charge < -0.3 is 9.47 Å². The zero-order valence-electron chi connectivity index (χ0n) is 15.8. The molecular weight excluding hydrogens is 448 g/mol. The van der Waals surface area contributed by atoms with Crippen molar-refractivity contribution in [3.8, 4) is 11.5 Å². The summed E-state index contributed by atoms with van der Waals surface area (Å²) in [6.07, 6.45) is 0. The Balaban J connectivity index is 1.77. The third-order valence-corrected chi connectivity index (χ3v) is 4.44. The number of carbonyl (C=O) groups is 2. The first-order chi connectivity index (χ1) is 13.2. The number of nitrogens with one attached hydrogen (secondary N) is 2. The molecule has 6 nitrogen and oxygen atoms in total. The topological polar surface area (TPSA) is 76.7 Å². The monoisotopic (exact) mass is 468 g/mol. The molecular formula is C20H22BrClN2O4. The molecule has 150 valence electrons. The molecule has 0 atom stereocenters. The van der Waals surface area contributed by atoms with Crippen LogP contribution in [0.1, 0.15) is 26.3 Å². The van der Waals surface area contributed by atoms with Gasteiger partial charge in [-0.05, 0) is 35.2 Å². The Labute approximate surface area is 177 Å². The van der Waals surface area contributed by atoms with Gasteiger partial charge in [-0.2, -0.15) is 0 Å². The van der Waals surface area contributed by atoms with Crippen LogP contribution in [0.3, 0.4) is 0 Å². The fourth-order valence-corrected chi connectivity index (χ4v) is 3.03. The van der Waals surface area contributed by atoms with E-state index in [9.17, 15) is 9.59 Å². The van der Waals surface area contributed by atoms with Crippen molar-refractivity contribution in [1.29, 1.82) is 0 Å². The number of hydrogen-bond donors (Lipinski definition) is 2. The highest BCUT2D eigenvalue weighted by Crippen LogP contribution is 2.31. The van der Waals surface area contributed by atoms with Gasteiger partial charge in [0.2, 0.25) is 0 Å². The van der Waals surface area contributed by atoms with Crippen molar-refractivity contribution in [2.24, 2.45) is 0 Å². The second-order valence-electron chi connectivity index (χ2n) is 6.99. The maximum atomic E-state index is 11.9. The van der Waals surface area contributed by atoms with E-state index in [0.717, 1.165) is 10.0 Å². The van der Waals surface area contributed by atoms with Crippen LogP contribution in [0.2, 0.25) is 5.02 Å². The third-order valence-electron chi connectivity index (χ3n) is 3.65. The molecule has 0 spiro atoms. The number of halogens is 2. The van der Waals surface area contributed by atoms with Gasteiger partial charge in [-0.15, -0.1) is 0 Å². The van der Waals surface area contributed by atoms with E-state index in [1.807, 2.05) is 24.3 Å². The second-order valence-corrected chi connectivity index (χ2v) is 8.32. The minimum absolute atomic E-state index is 0.118. The van der Waals surface area contributed by atoms with E-state index in [4.69, 9.17) is 21.1 Å². The van der Waals surface area contributed by atoms with Crippen molar-refractivity contribution in [3.63, 3.8) is 0 Å². The fraction of sp³-hybridized carbons (Fsp3) is 0.300. The Kier molecular flexibility index (Phi) is 7.71. The van der Waals surface area contributed by atoms with Crippen molar-refractivity contribution >= 4 is 39.3 Å². The molecule has 0 aliphatic rings. The van der Waals surface area contributed by atoms with Crippen LogP contribution < -0.4 is 20.3 Å². The van der Waals surface area contributed by atoms with E-state index in [0.29, 0.717) is 16.5 Å². The van der Waals surface area contributed by atoms with Gasteiger partial charge in [0.1, 0.15) is 11.5 Å². The van der Waals surface area contributed by atoms with E-state index in [1.54, 1.807) is 18.2 Å². The SMILES string of the molecule is CC(C)(C)c1ccccc1OCC(=O)NNC(=O)COc1ccc(Br)cc1Cl. The summed E-state index contributed by atoms with van der Waals surface area (Å²) in [5.74, 6) is -0.0145. The average Bonchev–Trinajstić information content (AvgIpc) is 2.63. The van der Waals surface area contributed by atoms with Gasteiger partial charge in [0.25, 0.3) is 11.8 Å². The van der Waals surface area contributed by atoms with Crippen LogP contribution in [0.25, 0.3) is 0 Å². The molecule has 2 amide bonds. The Morgan fingerprint density at radius 2 is 1.54 bits per heavy atom. The summed E-state index contributed by atoms with van der Waals surface area (Å²) in [4.78, 5) is 23.7. The Hall–Kier alpha value is -2.25.